The van der Waals surface area contributed by atoms with Gasteiger partial charge in [0.15, 0.2) is 0 Å². The van der Waals surface area contributed by atoms with Crippen LogP contribution in [0.5, 0.6) is 0 Å². The van der Waals surface area contributed by atoms with Crippen LogP contribution in [0.3, 0.4) is 0 Å². The molecule has 0 bridgehead atoms. The van der Waals surface area contributed by atoms with Crippen molar-refractivity contribution >= 4 is 74.5 Å². The highest BCUT2D eigenvalue weighted by Gasteiger charge is 2.21. The molecule has 8 rings (SSSR count). The minimum atomic E-state index is 1.26. The Labute approximate surface area is 216 Å². The lowest BCUT2D eigenvalue weighted by molar-refractivity contribution is 1.67. The fourth-order valence-corrected chi connectivity index (χ4v) is 8.12. The number of fused-ring (bicyclic) bond motifs is 7. The second-order valence-electron chi connectivity index (χ2n) is 9.27. The first-order valence-corrected chi connectivity index (χ1v) is 13.9. The third kappa shape index (κ3) is 2.80. The second-order valence-corrected chi connectivity index (χ2v) is 11.2. The summed E-state index contributed by atoms with van der Waals surface area (Å²) in [4.78, 5) is 0. The average Bonchev–Trinajstić information content (AvgIpc) is 3.56. The van der Waals surface area contributed by atoms with E-state index in [0.29, 0.717) is 0 Å². The van der Waals surface area contributed by atoms with Crippen molar-refractivity contribution in [3.8, 4) is 22.3 Å². The normalized spacial score (nSPS) is 11.9. The Bertz CT molecular complexity index is 2030. The summed E-state index contributed by atoms with van der Waals surface area (Å²) in [5.74, 6) is 0. The molecule has 0 spiro atoms. The van der Waals surface area contributed by atoms with Crippen LogP contribution in [0.2, 0.25) is 0 Å². The Morgan fingerprint density at radius 2 is 1.06 bits per heavy atom. The van der Waals surface area contributed by atoms with E-state index in [1.165, 1.54) is 74.1 Å². The van der Waals surface area contributed by atoms with Crippen molar-refractivity contribution in [1.29, 1.82) is 0 Å². The van der Waals surface area contributed by atoms with E-state index in [1.807, 2.05) is 22.7 Å². The van der Waals surface area contributed by atoms with Gasteiger partial charge in [-0.05, 0) is 72.8 Å². The molecule has 2 heterocycles. The fraction of sp³-hybridized carbons (Fsp3) is 0. The van der Waals surface area contributed by atoms with Crippen LogP contribution in [-0.2, 0) is 0 Å². The van der Waals surface area contributed by atoms with Gasteiger partial charge in [-0.1, -0.05) is 97.1 Å². The van der Waals surface area contributed by atoms with Gasteiger partial charge in [-0.2, -0.15) is 0 Å². The van der Waals surface area contributed by atoms with Crippen molar-refractivity contribution in [1.82, 2.24) is 0 Å². The van der Waals surface area contributed by atoms with Gasteiger partial charge < -0.3 is 0 Å². The molecule has 2 heteroatoms. The minimum absolute atomic E-state index is 1.26. The number of thiophene rings is 2. The Hall–Kier alpha value is -3.98. The summed E-state index contributed by atoms with van der Waals surface area (Å²) in [6.45, 7) is 0. The molecule has 168 valence electrons. The molecular weight excluding hydrogens is 473 g/mol. The molecular formula is C34H20S2. The van der Waals surface area contributed by atoms with Crippen molar-refractivity contribution < 1.29 is 0 Å². The molecule has 0 nitrogen and oxygen atoms in total. The summed E-state index contributed by atoms with van der Waals surface area (Å²) in [7, 11) is 0. The lowest BCUT2D eigenvalue weighted by atomic mass is 9.84. The van der Waals surface area contributed by atoms with Crippen molar-refractivity contribution in [3.05, 3.63) is 121 Å². The SMILES string of the molecule is c1ccc(-c2c3ccccc3c(-c3cc4ccsc4c4sc5ccccc5c34)c3ccccc23)cc1. The van der Waals surface area contributed by atoms with Crippen molar-refractivity contribution in [3.63, 3.8) is 0 Å². The van der Waals surface area contributed by atoms with Crippen molar-refractivity contribution in [2.45, 2.75) is 0 Å². The maximum absolute atomic E-state index is 2.43. The minimum Gasteiger partial charge on any atom is -0.142 e. The average molecular weight is 493 g/mol. The molecule has 0 amide bonds. The van der Waals surface area contributed by atoms with E-state index < -0.39 is 0 Å². The molecule has 0 aliphatic rings. The smallest absolute Gasteiger partial charge is 0.0539 e. The molecule has 0 aliphatic carbocycles. The molecule has 0 saturated heterocycles. The van der Waals surface area contributed by atoms with Gasteiger partial charge in [0.25, 0.3) is 0 Å². The highest BCUT2D eigenvalue weighted by molar-refractivity contribution is 7.30. The zero-order chi connectivity index (χ0) is 23.6. The van der Waals surface area contributed by atoms with Gasteiger partial charge in [0.2, 0.25) is 0 Å². The van der Waals surface area contributed by atoms with E-state index >= 15 is 0 Å². The largest absolute Gasteiger partial charge is 0.142 e. The molecule has 0 saturated carbocycles. The van der Waals surface area contributed by atoms with E-state index in [9.17, 15) is 0 Å². The Kier molecular flexibility index (Phi) is 4.36. The summed E-state index contributed by atoms with van der Waals surface area (Å²) in [5, 5.41) is 11.5. The zero-order valence-electron chi connectivity index (χ0n) is 19.4. The van der Waals surface area contributed by atoms with Crippen LogP contribution < -0.4 is 0 Å². The van der Waals surface area contributed by atoms with Gasteiger partial charge in [0, 0.05) is 15.5 Å². The van der Waals surface area contributed by atoms with E-state index in [1.54, 1.807) is 0 Å². The maximum atomic E-state index is 2.43. The Balaban J connectivity index is 1.64. The number of rotatable bonds is 2. The fourth-order valence-electron chi connectivity index (χ4n) is 5.85. The second kappa shape index (κ2) is 7.76. The molecule has 0 aliphatic heterocycles. The maximum Gasteiger partial charge on any atom is 0.0539 e. The Morgan fingerprint density at radius 1 is 0.472 bits per heavy atom. The van der Waals surface area contributed by atoms with Gasteiger partial charge in [0.1, 0.15) is 0 Å². The van der Waals surface area contributed by atoms with E-state index in [-0.39, 0.29) is 0 Å². The Morgan fingerprint density at radius 3 is 1.75 bits per heavy atom. The van der Waals surface area contributed by atoms with E-state index in [0.717, 1.165) is 0 Å². The van der Waals surface area contributed by atoms with Crippen LogP contribution in [0.1, 0.15) is 0 Å². The summed E-state index contributed by atoms with van der Waals surface area (Å²) in [6, 6.07) is 42.3. The highest BCUT2D eigenvalue weighted by Crippen LogP contribution is 2.50. The highest BCUT2D eigenvalue weighted by atomic mass is 32.1. The lowest BCUT2D eigenvalue weighted by Gasteiger charge is -2.18. The summed E-state index contributed by atoms with van der Waals surface area (Å²) >= 11 is 3.78. The number of benzene rings is 6. The molecule has 0 unspecified atom stereocenters. The quantitative estimate of drug-likeness (QED) is 0.211. The topological polar surface area (TPSA) is 0 Å². The molecule has 0 N–H and O–H groups in total. The first-order chi connectivity index (χ1) is 17.9. The molecule has 0 fully saturated rings. The molecule has 0 atom stereocenters. The van der Waals surface area contributed by atoms with Gasteiger partial charge in [-0.3, -0.25) is 0 Å². The summed E-state index contributed by atoms with van der Waals surface area (Å²) in [6.07, 6.45) is 0. The van der Waals surface area contributed by atoms with Crippen LogP contribution in [-0.4, -0.2) is 0 Å². The standard InChI is InChI=1S/C34H20S2/c1-2-10-21(11-3-1)30-23-12-4-6-14-25(23)31(26-15-7-5-13-24(26)30)28-20-22-18-19-35-33(22)34-32(28)27-16-8-9-17-29(27)36-34/h1-20H. The van der Waals surface area contributed by atoms with Crippen molar-refractivity contribution in [2.24, 2.45) is 0 Å². The monoisotopic (exact) mass is 492 g/mol. The predicted octanol–water partition coefficient (Wildman–Crippen LogP) is 10.9. The van der Waals surface area contributed by atoms with E-state index in [4.69, 9.17) is 0 Å². The zero-order valence-corrected chi connectivity index (χ0v) is 21.0. The molecule has 36 heavy (non-hydrogen) atoms. The number of hydrogen-bond donors (Lipinski definition) is 0. The molecule has 2 aromatic heterocycles. The van der Waals surface area contributed by atoms with Crippen LogP contribution in [0.25, 0.3) is 74.1 Å². The van der Waals surface area contributed by atoms with E-state index in [2.05, 4.69) is 121 Å². The summed E-state index contributed by atoms with van der Waals surface area (Å²) in [5.41, 5.74) is 5.24. The van der Waals surface area contributed by atoms with Gasteiger partial charge in [0.05, 0.1) is 9.40 Å². The van der Waals surface area contributed by atoms with Crippen LogP contribution in [0, 0.1) is 0 Å². The third-order valence-corrected chi connectivity index (χ3v) is 9.60. The molecule has 8 aromatic rings. The van der Waals surface area contributed by atoms with Gasteiger partial charge >= 0.3 is 0 Å². The lowest BCUT2D eigenvalue weighted by Crippen LogP contribution is -1.91. The first kappa shape index (κ1) is 20.2. The molecule has 6 aromatic carbocycles. The van der Waals surface area contributed by atoms with Crippen LogP contribution in [0.4, 0.5) is 0 Å². The number of hydrogen-bond acceptors (Lipinski definition) is 2. The van der Waals surface area contributed by atoms with Crippen LogP contribution in [0.15, 0.2) is 121 Å². The van der Waals surface area contributed by atoms with Gasteiger partial charge in [-0.15, -0.1) is 22.7 Å². The molecule has 0 radical (unpaired) electrons. The summed E-state index contributed by atoms with van der Waals surface area (Å²) < 4.78 is 4.15. The van der Waals surface area contributed by atoms with Crippen LogP contribution >= 0.6 is 22.7 Å². The van der Waals surface area contributed by atoms with Crippen molar-refractivity contribution in [2.75, 3.05) is 0 Å². The first-order valence-electron chi connectivity index (χ1n) is 12.2. The predicted molar refractivity (Wildman–Crippen MR) is 161 cm³/mol. The third-order valence-electron chi connectivity index (χ3n) is 7.33. The van der Waals surface area contributed by atoms with Gasteiger partial charge in [-0.25, -0.2) is 0 Å².